The highest BCUT2D eigenvalue weighted by molar-refractivity contribution is 5.91. The zero-order valence-electron chi connectivity index (χ0n) is 13.6. The summed E-state index contributed by atoms with van der Waals surface area (Å²) in [5.41, 5.74) is 2.83. The topological polar surface area (TPSA) is 44.4 Å². The quantitative estimate of drug-likeness (QED) is 0.846. The zero-order valence-corrected chi connectivity index (χ0v) is 13.6. The number of halogens is 1. The largest absolute Gasteiger partial charge is 0.385 e. The van der Waals surface area contributed by atoms with Gasteiger partial charge in [-0.1, -0.05) is 0 Å². The van der Waals surface area contributed by atoms with Gasteiger partial charge in [-0.25, -0.2) is 4.39 Å². The first-order chi connectivity index (χ1) is 11.7. The second-order valence-corrected chi connectivity index (χ2v) is 5.97. The van der Waals surface area contributed by atoms with Crippen molar-refractivity contribution in [3.8, 4) is 0 Å². The summed E-state index contributed by atoms with van der Waals surface area (Å²) in [6.07, 6.45) is 2.85. The Morgan fingerprint density at radius 2 is 1.58 bits per heavy atom. The van der Waals surface area contributed by atoms with Gasteiger partial charge in [-0.05, 0) is 61.4 Å². The molecule has 0 atom stereocenters. The first-order valence-corrected chi connectivity index (χ1v) is 8.35. The number of benzene rings is 2. The zero-order chi connectivity index (χ0) is 16.8. The fourth-order valence-corrected chi connectivity index (χ4v) is 2.84. The molecule has 126 valence electrons. The van der Waals surface area contributed by atoms with Crippen molar-refractivity contribution in [1.29, 1.82) is 0 Å². The van der Waals surface area contributed by atoms with Crippen LogP contribution in [0.1, 0.15) is 19.3 Å². The molecule has 0 aromatic heterocycles. The van der Waals surface area contributed by atoms with E-state index in [1.54, 1.807) is 12.1 Å². The summed E-state index contributed by atoms with van der Waals surface area (Å²) in [4.78, 5) is 14.3. The molecule has 0 unspecified atom stereocenters. The number of nitrogens with one attached hydrogen (secondary N) is 2. The van der Waals surface area contributed by atoms with E-state index in [4.69, 9.17) is 0 Å². The third-order valence-corrected chi connectivity index (χ3v) is 4.15. The van der Waals surface area contributed by atoms with Gasteiger partial charge >= 0.3 is 0 Å². The fourth-order valence-electron chi connectivity index (χ4n) is 2.84. The first-order valence-electron chi connectivity index (χ1n) is 8.35. The molecule has 0 aliphatic carbocycles. The van der Waals surface area contributed by atoms with Crippen LogP contribution in [0.5, 0.6) is 0 Å². The standard InChI is InChI=1S/C19H22FN3O/c20-15-3-5-16(6-4-15)21-12-11-19(24)22-17-7-9-18(10-8-17)23-13-1-2-14-23/h3-10,21H,1-2,11-14H2,(H,22,24). The number of rotatable bonds is 6. The molecule has 1 amide bonds. The van der Waals surface area contributed by atoms with Crippen molar-refractivity contribution in [3.63, 3.8) is 0 Å². The van der Waals surface area contributed by atoms with Gasteiger partial charge in [0, 0.05) is 43.1 Å². The Kier molecular flexibility index (Phi) is 5.31. The molecule has 2 N–H and O–H groups in total. The predicted molar refractivity (Wildman–Crippen MR) is 96.0 cm³/mol. The van der Waals surface area contributed by atoms with E-state index in [0.717, 1.165) is 24.5 Å². The lowest BCUT2D eigenvalue weighted by atomic mass is 10.2. The van der Waals surface area contributed by atoms with E-state index in [1.807, 2.05) is 12.1 Å². The maximum atomic E-state index is 12.8. The van der Waals surface area contributed by atoms with E-state index in [9.17, 15) is 9.18 Å². The first kappa shape index (κ1) is 16.3. The molecule has 0 bridgehead atoms. The Morgan fingerprint density at radius 1 is 0.958 bits per heavy atom. The van der Waals surface area contributed by atoms with Crippen molar-refractivity contribution in [1.82, 2.24) is 0 Å². The predicted octanol–water partition coefficient (Wildman–Crippen LogP) is 3.87. The van der Waals surface area contributed by atoms with Crippen LogP contribution in [0.4, 0.5) is 21.5 Å². The number of hydrogen-bond donors (Lipinski definition) is 2. The van der Waals surface area contributed by atoms with E-state index in [0.29, 0.717) is 13.0 Å². The van der Waals surface area contributed by atoms with Gasteiger partial charge in [0.15, 0.2) is 0 Å². The van der Waals surface area contributed by atoms with Crippen molar-refractivity contribution in [3.05, 3.63) is 54.3 Å². The highest BCUT2D eigenvalue weighted by Gasteiger charge is 2.12. The molecular weight excluding hydrogens is 305 g/mol. The number of amides is 1. The van der Waals surface area contributed by atoms with Gasteiger partial charge in [-0.2, -0.15) is 0 Å². The molecule has 0 spiro atoms. The monoisotopic (exact) mass is 327 g/mol. The lowest BCUT2D eigenvalue weighted by molar-refractivity contribution is -0.115. The van der Waals surface area contributed by atoms with Crippen molar-refractivity contribution < 1.29 is 9.18 Å². The van der Waals surface area contributed by atoms with Crippen LogP contribution in [0.25, 0.3) is 0 Å². The Labute approximate surface area is 141 Å². The van der Waals surface area contributed by atoms with E-state index in [2.05, 4.69) is 27.7 Å². The maximum Gasteiger partial charge on any atom is 0.226 e. The van der Waals surface area contributed by atoms with Gasteiger partial charge in [0.2, 0.25) is 5.91 Å². The van der Waals surface area contributed by atoms with Crippen molar-refractivity contribution in [2.24, 2.45) is 0 Å². The molecule has 1 aliphatic heterocycles. The number of carbonyl (C=O) groups is 1. The van der Waals surface area contributed by atoms with Crippen LogP contribution >= 0.6 is 0 Å². The van der Waals surface area contributed by atoms with Crippen LogP contribution in [-0.4, -0.2) is 25.5 Å². The molecular formula is C19H22FN3O. The minimum atomic E-state index is -0.268. The molecule has 1 aliphatic rings. The van der Waals surface area contributed by atoms with Gasteiger partial charge in [0.05, 0.1) is 0 Å². The fraction of sp³-hybridized carbons (Fsp3) is 0.316. The highest BCUT2D eigenvalue weighted by Crippen LogP contribution is 2.22. The number of anilines is 3. The molecule has 5 heteroatoms. The lowest BCUT2D eigenvalue weighted by Gasteiger charge is -2.17. The van der Waals surface area contributed by atoms with Crippen molar-refractivity contribution in [2.45, 2.75) is 19.3 Å². The summed E-state index contributed by atoms with van der Waals surface area (Å²) in [6, 6.07) is 14.1. The molecule has 4 nitrogen and oxygen atoms in total. The van der Waals surface area contributed by atoms with Crippen LogP contribution in [0.2, 0.25) is 0 Å². The Balaban J connectivity index is 1.43. The Morgan fingerprint density at radius 3 is 2.25 bits per heavy atom. The second kappa shape index (κ2) is 7.81. The normalized spacial score (nSPS) is 13.8. The summed E-state index contributed by atoms with van der Waals surface area (Å²) in [5, 5.41) is 6.00. The summed E-state index contributed by atoms with van der Waals surface area (Å²) in [5.74, 6) is -0.311. The molecule has 1 saturated heterocycles. The SMILES string of the molecule is O=C(CCNc1ccc(F)cc1)Nc1ccc(N2CCCC2)cc1. The Bertz CT molecular complexity index is 664. The molecule has 0 saturated carbocycles. The van der Waals surface area contributed by atoms with Gasteiger partial charge < -0.3 is 15.5 Å². The van der Waals surface area contributed by atoms with Gasteiger partial charge in [0.25, 0.3) is 0 Å². The van der Waals surface area contributed by atoms with E-state index < -0.39 is 0 Å². The van der Waals surface area contributed by atoms with Crippen LogP contribution in [-0.2, 0) is 4.79 Å². The van der Waals surface area contributed by atoms with Gasteiger partial charge in [-0.15, -0.1) is 0 Å². The van der Waals surface area contributed by atoms with Gasteiger partial charge in [-0.3, -0.25) is 4.79 Å². The third-order valence-electron chi connectivity index (χ3n) is 4.15. The van der Waals surface area contributed by atoms with Crippen LogP contribution < -0.4 is 15.5 Å². The van der Waals surface area contributed by atoms with Gasteiger partial charge in [0.1, 0.15) is 5.82 Å². The third kappa shape index (κ3) is 4.47. The smallest absolute Gasteiger partial charge is 0.226 e. The van der Waals surface area contributed by atoms with E-state index >= 15 is 0 Å². The van der Waals surface area contributed by atoms with Crippen LogP contribution in [0.3, 0.4) is 0 Å². The summed E-state index contributed by atoms with van der Waals surface area (Å²) in [6.45, 7) is 2.73. The minimum absolute atomic E-state index is 0.0430. The van der Waals surface area contributed by atoms with Crippen molar-refractivity contribution >= 4 is 23.0 Å². The molecule has 24 heavy (non-hydrogen) atoms. The van der Waals surface area contributed by atoms with Crippen molar-refractivity contribution in [2.75, 3.05) is 35.2 Å². The van der Waals surface area contributed by atoms with Crippen LogP contribution in [0.15, 0.2) is 48.5 Å². The van der Waals surface area contributed by atoms with E-state index in [-0.39, 0.29) is 11.7 Å². The molecule has 2 aromatic carbocycles. The number of hydrogen-bond acceptors (Lipinski definition) is 3. The lowest BCUT2D eigenvalue weighted by Crippen LogP contribution is -2.18. The summed E-state index contributed by atoms with van der Waals surface area (Å²) >= 11 is 0. The average molecular weight is 327 g/mol. The number of carbonyl (C=O) groups excluding carboxylic acids is 1. The highest BCUT2D eigenvalue weighted by atomic mass is 19.1. The van der Waals surface area contributed by atoms with Crippen LogP contribution in [0, 0.1) is 5.82 Å². The molecule has 2 aromatic rings. The maximum absolute atomic E-state index is 12.8. The second-order valence-electron chi connectivity index (χ2n) is 5.97. The minimum Gasteiger partial charge on any atom is -0.385 e. The summed E-state index contributed by atoms with van der Waals surface area (Å²) < 4.78 is 12.8. The van der Waals surface area contributed by atoms with E-state index in [1.165, 1.54) is 30.7 Å². The summed E-state index contributed by atoms with van der Waals surface area (Å²) in [7, 11) is 0. The average Bonchev–Trinajstić information content (AvgIpc) is 3.12. The molecule has 0 radical (unpaired) electrons. The molecule has 3 rings (SSSR count). The Hall–Kier alpha value is -2.56. The number of nitrogens with zero attached hydrogens (tertiary/aromatic N) is 1. The molecule has 1 fully saturated rings. The molecule has 1 heterocycles.